The molecule has 0 aromatic carbocycles. The van der Waals surface area contributed by atoms with Crippen molar-refractivity contribution in [2.24, 2.45) is 5.90 Å². The fourth-order valence-corrected chi connectivity index (χ4v) is 0.496. The summed E-state index contributed by atoms with van der Waals surface area (Å²) < 4.78 is 8.27. The molecule has 0 aliphatic rings. The van der Waals surface area contributed by atoms with Gasteiger partial charge < -0.3 is 0 Å². The molecule has 0 aromatic heterocycles. The van der Waals surface area contributed by atoms with Crippen LogP contribution in [0.15, 0.2) is 0 Å². The van der Waals surface area contributed by atoms with E-state index in [-0.39, 0.29) is 0 Å². The molecule has 44 valence electrons. The summed E-state index contributed by atoms with van der Waals surface area (Å²) in [6.45, 7) is 0. The molecule has 0 fully saturated rings. The van der Waals surface area contributed by atoms with E-state index in [1.807, 2.05) is 0 Å². The van der Waals surface area contributed by atoms with E-state index in [0.717, 1.165) is 22.1 Å². The van der Waals surface area contributed by atoms with Gasteiger partial charge >= 0.3 is 0 Å². The first kappa shape index (κ1) is 7.54. The molecule has 2 N–H and O–H groups in total. The Labute approximate surface area is 49.4 Å². The van der Waals surface area contributed by atoms with Gasteiger partial charge in [-0.3, -0.25) is 0 Å². The van der Waals surface area contributed by atoms with Crippen LogP contribution in [0.2, 0.25) is 0 Å². The van der Waals surface area contributed by atoms with Crippen LogP contribution in [0.4, 0.5) is 0 Å². The molecular weight excluding hydrogens is 138 g/mol. The van der Waals surface area contributed by atoms with Crippen LogP contribution in [0, 0.1) is 0 Å². The van der Waals surface area contributed by atoms with Crippen molar-refractivity contribution >= 4 is 22.1 Å². The Balaban J connectivity index is 2.45. The molecule has 0 atom stereocenters. The quantitative estimate of drug-likeness (QED) is 0.205. The van der Waals surface area contributed by atoms with Gasteiger partial charge in [-0.05, 0) is 0 Å². The third-order valence-electron chi connectivity index (χ3n) is 0.163. The van der Waals surface area contributed by atoms with Crippen molar-refractivity contribution in [3.05, 3.63) is 0 Å². The minimum Gasteiger partial charge on any atom is -0.227 e. The molecule has 0 radical (unpaired) electrons. The zero-order chi connectivity index (χ0) is 5.54. The minimum absolute atomic E-state index is 0.880. The Morgan fingerprint density at radius 2 is 2.14 bits per heavy atom. The highest BCUT2D eigenvalue weighted by molar-refractivity contribution is 8.72. The van der Waals surface area contributed by atoms with Gasteiger partial charge in [0.1, 0.15) is 22.1 Å². The Kier molecular flexibility index (Phi) is 7.04. The van der Waals surface area contributed by atoms with Gasteiger partial charge in [0.15, 0.2) is 0 Å². The Morgan fingerprint density at radius 1 is 1.43 bits per heavy atom. The monoisotopic (exact) mass is 143 g/mol. The van der Waals surface area contributed by atoms with E-state index in [1.54, 1.807) is 0 Å². The van der Waals surface area contributed by atoms with Gasteiger partial charge in [-0.15, -0.1) is 4.33 Å². The van der Waals surface area contributed by atoms with Gasteiger partial charge in [0.05, 0.1) is 7.11 Å². The lowest BCUT2D eigenvalue weighted by Crippen LogP contribution is -1.84. The standard InChI is InChI=1S/CH5NO3S2/c1-3-5-7-6-4-2/h2H2,1H3. The molecule has 0 saturated heterocycles. The van der Waals surface area contributed by atoms with Crippen molar-refractivity contribution in [3.63, 3.8) is 0 Å². The van der Waals surface area contributed by atoms with Crippen molar-refractivity contribution in [1.82, 2.24) is 0 Å². The van der Waals surface area contributed by atoms with E-state index in [2.05, 4.69) is 19.4 Å². The van der Waals surface area contributed by atoms with Gasteiger partial charge in [-0.1, -0.05) is 0 Å². The van der Waals surface area contributed by atoms with Crippen molar-refractivity contribution in [2.45, 2.75) is 0 Å². The summed E-state index contributed by atoms with van der Waals surface area (Å²) in [5.74, 6) is 4.58. The summed E-state index contributed by atoms with van der Waals surface area (Å²) in [7, 11) is 1.39. The molecule has 4 nitrogen and oxygen atoms in total. The highest BCUT2D eigenvalue weighted by atomic mass is 33.1. The Bertz CT molecular complexity index is 32.1. The van der Waals surface area contributed by atoms with E-state index in [9.17, 15) is 0 Å². The van der Waals surface area contributed by atoms with Crippen molar-refractivity contribution in [3.8, 4) is 0 Å². The first-order chi connectivity index (χ1) is 3.41. The Morgan fingerprint density at radius 3 is 2.57 bits per heavy atom. The molecule has 0 amide bonds. The maximum Gasteiger partial charge on any atom is 0.133 e. The average Bonchev–Trinajstić information content (AvgIpc) is 1.69. The molecular formula is CH5NO3S2. The summed E-state index contributed by atoms with van der Waals surface area (Å²) in [5, 5.41) is 0. The van der Waals surface area contributed by atoms with E-state index in [0.29, 0.717) is 0 Å². The number of rotatable bonds is 4. The van der Waals surface area contributed by atoms with Crippen LogP contribution in [0.1, 0.15) is 0 Å². The van der Waals surface area contributed by atoms with Crippen LogP contribution in [0.3, 0.4) is 0 Å². The first-order valence-corrected chi connectivity index (χ1v) is 3.31. The second-order valence-corrected chi connectivity index (χ2v) is 1.88. The number of nitrogens with two attached hydrogens (primary N) is 1. The summed E-state index contributed by atoms with van der Waals surface area (Å²) in [4.78, 5) is 4.15. The van der Waals surface area contributed by atoms with Gasteiger partial charge in [-0.25, -0.2) is 15.1 Å². The molecule has 0 aliphatic carbocycles. The number of hydrogen-bond donors (Lipinski definition) is 1. The first-order valence-electron chi connectivity index (χ1n) is 1.31. The smallest absolute Gasteiger partial charge is 0.133 e. The molecule has 0 rings (SSSR count). The summed E-state index contributed by atoms with van der Waals surface area (Å²) in [5.41, 5.74) is 0. The van der Waals surface area contributed by atoms with Crippen LogP contribution in [-0.2, 0) is 13.5 Å². The zero-order valence-electron chi connectivity index (χ0n) is 3.62. The van der Waals surface area contributed by atoms with E-state index < -0.39 is 0 Å². The van der Waals surface area contributed by atoms with Crippen LogP contribution in [-0.4, -0.2) is 7.11 Å². The van der Waals surface area contributed by atoms with Crippen LogP contribution in [0.5, 0.6) is 0 Å². The fraction of sp³-hybridized carbons (Fsp3) is 1.00. The fourth-order valence-electron chi connectivity index (χ4n) is 0.0552. The molecule has 0 aromatic rings. The molecule has 0 unspecified atom stereocenters. The second-order valence-electron chi connectivity index (χ2n) is 0.467. The maximum atomic E-state index is 4.58. The molecule has 0 heterocycles. The second kappa shape index (κ2) is 6.54. The molecule has 0 bridgehead atoms. The predicted octanol–water partition coefficient (Wildman–Crippen LogP) is 0.666. The van der Waals surface area contributed by atoms with Crippen molar-refractivity contribution in [1.29, 1.82) is 0 Å². The van der Waals surface area contributed by atoms with Crippen LogP contribution < -0.4 is 5.90 Å². The van der Waals surface area contributed by atoms with Crippen LogP contribution in [0.25, 0.3) is 0 Å². The third kappa shape index (κ3) is 6.54. The molecule has 0 saturated carbocycles. The van der Waals surface area contributed by atoms with Gasteiger partial charge in [0, 0.05) is 0 Å². The number of hydrogen-bond acceptors (Lipinski definition) is 6. The SMILES string of the molecule is COOSSON. The topological polar surface area (TPSA) is 53.7 Å². The Hall–Kier alpha value is 0.540. The lowest BCUT2D eigenvalue weighted by Gasteiger charge is -1.90. The van der Waals surface area contributed by atoms with Crippen molar-refractivity contribution < 1.29 is 13.5 Å². The minimum atomic E-state index is 0.880. The van der Waals surface area contributed by atoms with E-state index in [1.165, 1.54) is 7.11 Å². The highest BCUT2D eigenvalue weighted by Crippen LogP contribution is 2.20. The average molecular weight is 143 g/mol. The highest BCUT2D eigenvalue weighted by Gasteiger charge is 1.83. The normalized spacial score (nSPS) is 9.43. The molecule has 7 heavy (non-hydrogen) atoms. The lowest BCUT2D eigenvalue weighted by atomic mass is 11.8. The maximum absolute atomic E-state index is 4.58. The zero-order valence-corrected chi connectivity index (χ0v) is 5.25. The molecule has 0 spiro atoms. The summed E-state index contributed by atoms with van der Waals surface area (Å²) >= 11 is 1.78. The summed E-state index contributed by atoms with van der Waals surface area (Å²) in [6, 6.07) is 0. The van der Waals surface area contributed by atoms with E-state index in [4.69, 9.17) is 0 Å². The third-order valence-corrected chi connectivity index (χ3v) is 1.06. The molecule has 6 heteroatoms. The lowest BCUT2D eigenvalue weighted by molar-refractivity contribution is -0.158. The van der Waals surface area contributed by atoms with E-state index >= 15 is 0 Å². The largest absolute Gasteiger partial charge is 0.227 e. The van der Waals surface area contributed by atoms with Crippen LogP contribution >= 0.6 is 22.1 Å². The van der Waals surface area contributed by atoms with Crippen molar-refractivity contribution in [2.75, 3.05) is 7.11 Å². The predicted molar refractivity (Wildman–Crippen MR) is 28.5 cm³/mol. The molecule has 0 aliphatic heterocycles. The van der Waals surface area contributed by atoms with Gasteiger partial charge in [0.2, 0.25) is 0 Å². The summed E-state index contributed by atoms with van der Waals surface area (Å²) in [6.07, 6.45) is 0. The van der Waals surface area contributed by atoms with Gasteiger partial charge in [0.25, 0.3) is 0 Å². The van der Waals surface area contributed by atoms with Gasteiger partial charge in [-0.2, -0.15) is 0 Å².